The molecule has 0 saturated carbocycles. The van der Waals surface area contributed by atoms with Crippen LogP contribution in [0.15, 0.2) is 18.2 Å². The Hall–Kier alpha value is -2.55. The number of halogens is 1. The molecule has 6 heteroatoms. The number of carboxylic acid groups (broad SMARTS) is 1. The zero-order chi connectivity index (χ0) is 13.5. The number of anilines is 1. The summed E-state index contributed by atoms with van der Waals surface area (Å²) in [5.41, 5.74) is -0.280. The van der Waals surface area contributed by atoms with E-state index >= 15 is 0 Å². The van der Waals surface area contributed by atoms with Gasteiger partial charge in [0.1, 0.15) is 5.82 Å². The smallest absolute Gasteiger partial charge is 0.338 e. The molecule has 0 bridgehead atoms. The predicted molar refractivity (Wildman–Crippen MR) is 63.8 cm³/mol. The molecule has 0 heterocycles. The van der Waals surface area contributed by atoms with Crippen LogP contribution in [0.25, 0.3) is 0 Å². The number of aromatic carboxylic acids is 1. The fourth-order valence-electron chi connectivity index (χ4n) is 1.15. The number of carboxylic acids is 1. The van der Waals surface area contributed by atoms with Crippen LogP contribution in [0.1, 0.15) is 17.3 Å². The van der Waals surface area contributed by atoms with Gasteiger partial charge in [-0.3, -0.25) is 0 Å². The highest BCUT2D eigenvalue weighted by Crippen LogP contribution is 2.14. The van der Waals surface area contributed by atoms with E-state index in [2.05, 4.69) is 22.5 Å². The van der Waals surface area contributed by atoms with Crippen molar-refractivity contribution in [2.24, 2.45) is 0 Å². The van der Waals surface area contributed by atoms with Crippen molar-refractivity contribution in [1.82, 2.24) is 5.32 Å². The van der Waals surface area contributed by atoms with E-state index < -0.39 is 23.4 Å². The lowest BCUT2D eigenvalue weighted by Gasteiger charge is -2.06. The van der Waals surface area contributed by atoms with Gasteiger partial charge in [-0.15, -0.1) is 5.92 Å². The van der Waals surface area contributed by atoms with Gasteiger partial charge in [-0.1, -0.05) is 5.92 Å². The Labute approximate surface area is 103 Å². The average molecular weight is 250 g/mol. The number of rotatable bonds is 3. The van der Waals surface area contributed by atoms with Crippen LogP contribution in [0.4, 0.5) is 14.9 Å². The highest BCUT2D eigenvalue weighted by Gasteiger charge is 2.11. The van der Waals surface area contributed by atoms with Crippen LogP contribution in [0.2, 0.25) is 0 Å². The molecule has 0 spiro atoms. The van der Waals surface area contributed by atoms with Crippen molar-refractivity contribution in [3.8, 4) is 11.8 Å². The zero-order valence-electron chi connectivity index (χ0n) is 9.58. The van der Waals surface area contributed by atoms with Crippen LogP contribution in [0.5, 0.6) is 0 Å². The normalized spacial score (nSPS) is 9.00. The van der Waals surface area contributed by atoms with Crippen molar-refractivity contribution >= 4 is 17.7 Å². The molecule has 0 radical (unpaired) electrons. The van der Waals surface area contributed by atoms with E-state index in [9.17, 15) is 14.0 Å². The summed E-state index contributed by atoms with van der Waals surface area (Å²) < 4.78 is 13.3. The van der Waals surface area contributed by atoms with Gasteiger partial charge in [-0.25, -0.2) is 14.0 Å². The lowest BCUT2D eigenvalue weighted by atomic mass is 10.2. The number of amides is 2. The van der Waals surface area contributed by atoms with E-state index in [4.69, 9.17) is 5.11 Å². The van der Waals surface area contributed by atoms with E-state index in [1.54, 1.807) is 6.92 Å². The second kappa shape index (κ2) is 6.25. The molecule has 0 saturated heterocycles. The van der Waals surface area contributed by atoms with Crippen molar-refractivity contribution in [3.05, 3.63) is 29.6 Å². The molecule has 0 aromatic heterocycles. The third kappa shape index (κ3) is 3.79. The third-order valence-electron chi connectivity index (χ3n) is 1.97. The molecule has 5 nitrogen and oxygen atoms in total. The van der Waals surface area contributed by atoms with Gasteiger partial charge in [-0.2, -0.15) is 0 Å². The van der Waals surface area contributed by atoms with Gasteiger partial charge in [0.2, 0.25) is 0 Å². The second-order valence-corrected chi connectivity index (χ2v) is 3.23. The first kappa shape index (κ1) is 13.5. The number of hydrogen-bond donors (Lipinski definition) is 3. The van der Waals surface area contributed by atoms with Crippen molar-refractivity contribution in [2.75, 3.05) is 11.9 Å². The summed E-state index contributed by atoms with van der Waals surface area (Å²) in [6.07, 6.45) is 0. The minimum Gasteiger partial charge on any atom is -0.478 e. The monoisotopic (exact) mass is 250 g/mol. The molecule has 0 aliphatic rings. The first-order valence-electron chi connectivity index (χ1n) is 5.02. The van der Waals surface area contributed by atoms with Gasteiger partial charge in [-0.05, 0) is 25.1 Å². The van der Waals surface area contributed by atoms with Crippen LogP contribution in [0.3, 0.4) is 0 Å². The maximum atomic E-state index is 13.3. The molecular weight excluding hydrogens is 239 g/mol. The largest absolute Gasteiger partial charge is 0.478 e. The Balaban J connectivity index is 2.67. The number of urea groups is 1. The maximum Gasteiger partial charge on any atom is 0.338 e. The number of nitrogens with one attached hydrogen (secondary N) is 2. The van der Waals surface area contributed by atoms with Crippen LogP contribution >= 0.6 is 0 Å². The minimum atomic E-state index is -1.36. The van der Waals surface area contributed by atoms with E-state index in [-0.39, 0.29) is 12.2 Å². The number of carbonyl (C=O) groups is 2. The topological polar surface area (TPSA) is 78.4 Å². The summed E-state index contributed by atoms with van der Waals surface area (Å²) in [4.78, 5) is 21.9. The Morgan fingerprint density at radius 3 is 2.72 bits per heavy atom. The lowest BCUT2D eigenvalue weighted by Crippen LogP contribution is -2.28. The molecule has 18 heavy (non-hydrogen) atoms. The standard InChI is InChI=1S/C12H11FN2O3/c1-2-3-6-14-12(18)15-8-4-5-9(11(16)17)10(13)7-8/h4-5,7H,6H2,1H3,(H,16,17)(H2,14,15,18). The molecule has 94 valence electrons. The SMILES string of the molecule is CC#CCNC(=O)Nc1ccc(C(=O)O)c(F)c1. The van der Waals surface area contributed by atoms with E-state index in [0.29, 0.717) is 0 Å². The molecule has 1 aromatic carbocycles. The van der Waals surface area contributed by atoms with Gasteiger partial charge < -0.3 is 15.7 Å². The van der Waals surface area contributed by atoms with Crippen LogP contribution in [-0.2, 0) is 0 Å². The Kier molecular flexibility index (Phi) is 4.69. The number of carbonyl (C=O) groups excluding carboxylic acids is 1. The molecule has 0 aliphatic heterocycles. The van der Waals surface area contributed by atoms with Crippen molar-refractivity contribution in [2.45, 2.75) is 6.92 Å². The van der Waals surface area contributed by atoms with Gasteiger partial charge in [0.25, 0.3) is 0 Å². The molecule has 1 aromatic rings. The quantitative estimate of drug-likeness (QED) is 0.714. The predicted octanol–water partition coefficient (Wildman–Crippen LogP) is 1.67. The van der Waals surface area contributed by atoms with Gasteiger partial charge >= 0.3 is 12.0 Å². The van der Waals surface area contributed by atoms with Crippen LogP contribution in [-0.4, -0.2) is 23.7 Å². The fourth-order valence-corrected chi connectivity index (χ4v) is 1.15. The lowest BCUT2D eigenvalue weighted by molar-refractivity contribution is 0.0692. The van der Waals surface area contributed by atoms with Gasteiger partial charge in [0, 0.05) is 5.69 Å². The van der Waals surface area contributed by atoms with Crippen molar-refractivity contribution < 1.29 is 19.1 Å². The van der Waals surface area contributed by atoms with E-state index in [0.717, 1.165) is 12.1 Å². The van der Waals surface area contributed by atoms with Crippen molar-refractivity contribution in [1.29, 1.82) is 0 Å². The first-order valence-corrected chi connectivity index (χ1v) is 5.02. The average Bonchev–Trinajstić information content (AvgIpc) is 2.28. The highest BCUT2D eigenvalue weighted by atomic mass is 19.1. The molecule has 2 amide bonds. The first-order chi connectivity index (χ1) is 8.54. The van der Waals surface area contributed by atoms with Gasteiger partial charge in [0.05, 0.1) is 12.1 Å². The summed E-state index contributed by atoms with van der Waals surface area (Å²) in [6, 6.07) is 2.78. The second-order valence-electron chi connectivity index (χ2n) is 3.23. The Morgan fingerprint density at radius 2 is 2.17 bits per heavy atom. The highest BCUT2D eigenvalue weighted by molar-refractivity contribution is 5.91. The summed E-state index contributed by atoms with van der Waals surface area (Å²) in [5, 5.41) is 13.4. The Bertz CT molecular complexity index is 532. The molecule has 0 unspecified atom stereocenters. The Morgan fingerprint density at radius 1 is 1.44 bits per heavy atom. The minimum absolute atomic E-state index is 0.166. The molecular formula is C12H11FN2O3. The summed E-state index contributed by atoms with van der Waals surface area (Å²) in [6.45, 7) is 1.82. The molecule has 0 atom stereocenters. The number of benzene rings is 1. The summed E-state index contributed by atoms with van der Waals surface area (Å²) in [5.74, 6) is 2.96. The molecule has 0 aliphatic carbocycles. The fraction of sp³-hybridized carbons (Fsp3) is 0.167. The number of hydrogen-bond acceptors (Lipinski definition) is 2. The zero-order valence-corrected chi connectivity index (χ0v) is 9.58. The summed E-state index contributed by atoms with van der Waals surface area (Å²) >= 11 is 0. The summed E-state index contributed by atoms with van der Waals surface area (Å²) in [7, 11) is 0. The van der Waals surface area contributed by atoms with Crippen molar-refractivity contribution in [3.63, 3.8) is 0 Å². The van der Waals surface area contributed by atoms with Crippen LogP contribution < -0.4 is 10.6 Å². The van der Waals surface area contributed by atoms with E-state index in [1.807, 2.05) is 0 Å². The third-order valence-corrected chi connectivity index (χ3v) is 1.97. The molecule has 1 rings (SSSR count). The van der Waals surface area contributed by atoms with Crippen LogP contribution in [0, 0.1) is 17.7 Å². The maximum absolute atomic E-state index is 13.3. The van der Waals surface area contributed by atoms with E-state index in [1.165, 1.54) is 6.07 Å². The van der Waals surface area contributed by atoms with Gasteiger partial charge in [0.15, 0.2) is 0 Å². The molecule has 0 fully saturated rings. The molecule has 3 N–H and O–H groups in total.